The van der Waals surface area contributed by atoms with Crippen LogP contribution in [0.2, 0.25) is 0 Å². The van der Waals surface area contributed by atoms with E-state index in [0.717, 1.165) is 73.7 Å². The minimum absolute atomic E-state index is 0.589. The van der Waals surface area contributed by atoms with Gasteiger partial charge < -0.3 is 19.3 Å². The Morgan fingerprint density at radius 3 is 1.06 bits per heavy atom. The predicted molar refractivity (Wildman–Crippen MR) is 469 cm³/mol. The monoisotopic (exact) mass is 1460 g/mol. The number of hydrogen-bond donors (Lipinski definition) is 0. The zero-order chi connectivity index (χ0) is 73.6. The van der Waals surface area contributed by atoms with Crippen molar-refractivity contribution in [3.05, 3.63) is 445 Å². The Labute approximate surface area is 656 Å². The van der Waals surface area contributed by atoms with E-state index in [1.165, 1.54) is 134 Å². The largest absolute Gasteiger partial charge is 0.457 e. The molecular weight excluding hydrogens is 1400 g/mol. The van der Waals surface area contributed by atoms with Crippen molar-refractivity contribution in [1.82, 2.24) is 0 Å². The number of para-hydroxylation sites is 4. The lowest BCUT2D eigenvalue weighted by molar-refractivity contribution is 0.436. The molecule has 0 unspecified atom stereocenters. The molecule has 0 amide bonds. The highest BCUT2D eigenvalue weighted by Gasteiger charge is 2.54. The van der Waals surface area contributed by atoms with Crippen LogP contribution in [-0.4, -0.2) is 0 Å². The van der Waals surface area contributed by atoms with Crippen molar-refractivity contribution < 1.29 is 9.47 Å². The maximum absolute atomic E-state index is 6.71. The molecule has 2 aliphatic heterocycles. The molecule has 2 aliphatic carbocycles. The average Bonchev–Trinajstić information content (AvgIpc) is 1.49. The lowest BCUT2D eigenvalue weighted by Crippen LogP contribution is -2.32. The fraction of sp³-hybridized carbons (Fsp3) is 0.0189. The molecule has 0 N–H and O–H groups in total. The Kier molecular flexibility index (Phi) is 14.5. The zero-order valence-electron chi connectivity index (χ0n) is 60.6. The molecule has 18 aromatic carbocycles. The number of ether oxygens (including phenoxy) is 2. The number of hydrogen-bond acceptors (Lipinski definition) is 6. The van der Waals surface area contributed by atoms with Gasteiger partial charge in [0, 0.05) is 86.1 Å². The van der Waals surface area contributed by atoms with E-state index in [1.807, 2.05) is 22.7 Å². The number of benzene rings is 18. The Morgan fingerprint density at radius 1 is 0.205 bits per heavy atom. The highest BCUT2D eigenvalue weighted by atomic mass is 32.1. The van der Waals surface area contributed by atoms with Gasteiger partial charge in [-0.1, -0.05) is 309 Å². The summed E-state index contributed by atoms with van der Waals surface area (Å²) in [5.74, 6) is 3.58. The van der Waals surface area contributed by atoms with Gasteiger partial charge in [0.15, 0.2) is 0 Å². The number of fused-ring (bicyclic) bond motifs is 28. The van der Waals surface area contributed by atoms with Crippen molar-refractivity contribution in [1.29, 1.82) is 0 Å². The molecule has 20 aromatic rings. The first kappa shape index (κ1) is 64.1. The van der Waals surface area contributed by atoms with Gasteiger partial charge in [-0.25, -0.2) is 0 Å². The molecule has 0 atom stereocenters. The second-order valence-electron chi connectivity index (χ2n) is 29.5. The lowest BCUT2D eigenvalue weighted by atomic mass is 9.66. The van der Waals surface area contributed by atoms with E-state index < -0.39 is 10.8 Å². The van der Waals surface area contributed by atoms with E-state index in [1.54, 1.807) is 0 Å². The molecule has 0 bridgehead atoms. The molecule has 24 rings (SSSR count). The summed E-state index contributed by atoms with van der Waals surface area (Å²) < 4.78 is 18.6. The molecule has 4 heterocycles. The summed E-state index contributed by atoms with van der Waals surface area (Å²) in [7, 11) is 0. The minimum Gasteiger partial charge on any atom is -0.457 e. The predicted octanol–water partition coefficient (Wildman–Crippen LogP) is 29.6. The van der Waals surface area contributed by atoms with Gasteiger partial charge in [-0.15, -0.1) is 22.7 Å². The molecule has 4 nitrogen and oxygen atoms in total. The van der Waals surface area contributed by atoms with Crippen molar-refractivity contribution in [3.8, 4) is 67.5 Å². The van der Waals surface area contributed by atoms with Crippen LogP contribution in [0.1, 0.15) is 44.5 Å². The third-order valence-corrected chi connectivity index (χ3v) is 26.2. The normalized spacial score (nSPS) is 13.3. The summed E-state index contributed by atoms with van der Waals surface area (Å²) in [6.07, 6.45) is 0. The van der Waals surface area contributed by atoms with Crippen LogP contribution in [0.15, 0.2) is 400 Å². The van der Waals surface area contributed by atoms with Gasteiger partial charge in [-0.05, 0) is 168 Å². The summed E-state index contributed by atoms with van der Waals surface area (Å²) >= 11 is 3.73. The molecular formula is C106H66N2O2S2. The van der Waals surface area contributed by atoms with Crippen LogP contribution in [0.4, 0.5) is 34.1 Å². The fourth-order valence-electron chi connectivity index (χ4n) is 19.2. The number of thiophene rings is 2. The first-order chi connectivity index (χ1) is 55.6. The second kappa shape index (κ2) is 25.4. The van der Waals surface area contributed by atoms with E-state index in [9.17, 15) is 0 Å². The third kappa shape index (κ3) is 9.47. The van der Waals surface area contributed by atoms with Crippen LogP contribution in [-0.2, 0) is 10.8 Å². The molecule has 6 heteroatoms. The quantitative estimate of drug-likeness (QED) is 0.151. The number of rotatable bonds is 8. The van der Waals surface area contributed by atoms with Crippen molar-refractivity contribution in [2.75, 3.05) is 9.80 Å². The first-order valence-electron chi connectivity index (χ1n) is 38.3. The van der Waals surface area contributed by atoms with Crippen molar-refractivity contribution >= 4 is 119 Å². The Morgan fingerprint density at radius 2 is 0.554 bits per heavy atom. The third-order valence-electron chi connectivity index (χ3n) is 23.9. The lowest BCUT2D eigenvalue weighted by Gasteiger charge is -2.39. The van der Waals surface area contributed by atoms with Gasteiger partial charge in [-0.2, -0.15) is 0 Å². The summed E-state index contributed by atoms with van der Waals surface area (Å²) in [5, 5.41) is 10.1. The van der Waals surface area contributed by atoms with Gasteiger partial charge in [-0.3, -0.25) is 0 Å². The summed E-state index contributed by atoms with van der Waals surface area (Å²) in [5.41, 5.74) is 25.2. The molecule has 524 valence electrons. The van der Waals surface area contributed by atoms with Crippen LogP contribution in [0.25, 0.3) is 106 Å². The summed E-state index contributed by atoms with van der Waals surface area (Å²) in [6, 6.07) is 146. The number of nitrogens with zero attached hydrogens (tertiary/aromatic N) is 2. The van der Waals surface area contributed by atoms with E-state index in [0.29, 0.717) is 0 Å². The smallest absolute Gasteiger partial charge is 0.132 e. The maximum atomic E-state index is 6.71. The van der Waals surface area contributed by atoms with Crippen molar-refractivity contribution in [2.24, 2.45) is 0 Å². The van der Waals surface area contributed by atoms with Gasteiger partial charge >= 0.3 is 0 Å². The molecule has 2 spiro atoms. The Bertz CT molecular complexity index is 7130. The standard InChI is InChI=1S/2C53H33NOS/c1-2-14-34(15-3-1)35-28-31-37(32-29-35)54(46-24-12-19-40-39-18-6-11-27-49(39)56-52(40)46)45-23-13-22-43-51(45)50-38-17-5-4-16-36(38)30-33-44(50)53(43)41-20-7-9-25-47(41)55-48-26-10-8-21-42(48)53;1-2-13-34(14-3-1)35-25-28-37(29-26-35)54(38-30-31-41-40-17-6-11-24-49(40)56-50(41)33-38)46-21-12-20-44-52(46)51-39-16-5-4-15-36(39)27-32-45(51)53(44)42-18-7-9-22-47(42)55-48-23-10-8-19-43(48)53/h2*1-33H. The van der Waals surface area contributed by atoms with Gasteiger partial charge in [0.05, 0.1) is 32.6 Å². The maximum Gasteiger partial charge on any atom is 0.132 e. The van der Waals surface area contributed by atoms with E-state index in [2.05, 4.69) is 410 Å². The fourth-order valence-corrected chi connectivity index (χ4v) is 21.6. The second-order valence-corrected chi connectivity index (χ2v) is 31.7. The molecule has 0 saturated heterocycles. The Balaban J connectivity index is 0.000000134. The van der Waals surface area contributed by atoms with E-state index in [-0.39, 0.29) is 0 Å². The molecule has 0 radical (unpaired) electrons. The van der Waals surface area contributed by atoms with Crippen LogP contribution in [0.3, 0.4) is 0 Å². The van der Waals surface area contributed by atoms with Crippen LogP contribution in [0, 0.1) is 0 Å². The van der Waals surface area contributed by atoms with Crippen molar-refractivity contribution in [2.45, 2.75) is 10.8 Å². The molecule has 2 aromatic heterocycles. The Hall–Kier alpha value is -13.9. The average molecular weight is 1460 g/mol. The molecule has 112 heavy (non-hydrogen) atoms. The van der Waals surface area contributed by atoms with E-state index >= 15 is 0 Å². The number of anilines is 6. The highest BCUT2D eigenvalue weighted by molar-refractivity contribution is 7.26. The first-order valence-corrected chi connectivity index (χ1v) is 40.0. The van der Waals surface area contributed by atoms with Gasteiger partial charge in [0.1, 0.15) is 23.0 Å². The van der Waals surface area contributed by atoms with E-state index in [4.69, 9.17) is 9.47 Å². The van der Waals surface area contributed by atoms with Crippen molar-refractivity contribution in [3.63, 3.8) is 0 Å². The topological polar surface area (TPSA) is 24.9 Å². The molecule has 0 saturated carbocycles. The van der Waals surface area contributed by atoms with Crippen LogP contribution >= 0.6 is 22.7 Å². The SMILES string of the molecule is c1ccc(-c2ccc(N(c3ccc4c(c3)sc3ccccc34)c3cccc4c3-c3c(ccc5ccccc35)C43c4ccccc4Oc4ccccc43)cc2)cc1.c1ccc(-c2ccc(N(c3cccc4c3-c3c(ccc5ccccc35)C43c4ccccc4Oc4ccccc43)c3cccc4c3sc3ccccc34)cc2)cc1. The molecule has 4 aliphatic rings. The summed E-state index contributed by atoms with van der Waals surface area (Å²) in [6.45, 7) is 0. The van der Waals surface area contributed by atoms with Gasteiger partial charge in [0.25, 0.3) is 0 Å². The highest BCUT2D eigenvalue weighted by Crippen LogP contribution is 2.68. The van der Waals surface area contributed by atoms with Crippen LogP contribution < -0.4 is 19.3 Å². The van der Waals surface area contributed by atoms with Gasteiger partial charge in [0.2, 0.25) is 0 Å². The summed E-state index contributed by atoms with van der Waals surface area (Å²) in [4.78, 5) is 5.01. The zero-order valence-corrected chi connectivity index (χ0v) is 62.3. The molecule has 0 fully saturated rings. The minimum atomic E-state index is -0.595. The van der Waals surface area contributed by atoms with Crippen LogP contribution in [0.5, 0.6) is 23.0 Å².